The second kappa shape index (κ2) is 3.45. The van der Waals surface area contributed by atoms with Gasteiger partial charge >= 0.3 is 0 Å². The van der Waals surface area contributed by atoms with Crippen molar-refractivity contribution in [3.05, 3.63) is 58.0 Å². The molecule has 3 rings (SSSR count). The van der Waals surface area contributed by atoms with E-state index in [0.717, 1.165) is 32.8 Å². The molecule has 0 saturated heterocycles. The van der Waals surface area contributed by atoms with Crippen molar-refractivity contribution in [3.8, 4) is 0 Å². The number of fused-ring (bicyclic) bond motifs is 3. The van der Waals surface area contributed by atoms with Gasteiger partial charge in [-0.05, 0) is 35.6 Å². The van der Waals surface area contributed by atoms with E-state index in [1.807, 2.05) is 44.2 Å². The second-order valence-electron chi connectivity index (χ2n) is 4.41. The highest BCUT2D eigenvalue weighted by molar-refractivity contribution is 6.07. The SMILES string of the molecule is Cc1[nH]c(=O)c2c(ccc3ccccc32)c1C. The van der Waals surface area contributed by atoms with E-state index >= 15 is 0 Å². The fraction of sp³-hybridized carbons (Fsp3) is 0.133. The third kappa shape index (κ3) is 1.37. The Morgan fingerprint density at radius 1 is 0.941 bits per heavy atom. The third-order valence-electron chi connectivity index (χ3n) is 3.42. The Hall–Kier alpha value is -2.09. The summed E-state index contributed by atoms with van der Waals surface area (Å²) in [6, 6.07) is 12.1. The summed E-state index contributed by atoms with van der Waals surface area (Å²) in [5, 5.41) is 3.97. The minimum Gasteiger partial charge on any atom is -0.326 e. The van der Waals surface area contributed by atoms with Gasteiger partial charge < -0.3 is 4.98 Å². The molecule has 2 heteroatoms. The molecule has 84 valence electrons. The highest BCUT2D eigenvalue weighted by atomic mass is 16.1. The summed E-state index contributed by atoms with van der Waals surface area (Å²) in [6.07, 6.45) is 0. The maximum absolute atomic E-state index is 12.1. The molecule has 0 saturated carbocycles. The van der Waals surface area contributed by atoms with Gasteiger partial charge in [0.1, 0.15) is 0 Å². The first-order chi connectivity index (χ1) is 8.18. The van der Waals surface area contributed by atoms with Gasteiger partial charge in [-0.15, -0.1) is 0 Å². The van der Waals surface area contributed by atoms with Crippen LogP contribution in [0.15, 0.2) is 41.2 Å². The van der Waals surface area contributed by atoms with Crippen molar-refractivity contribution in [2.24, 2.45) is 0 Å². The molecule has 0 aliphatic heterocycles. The standard InChI is InChI=1S/C15H13NO/c1-9-10(2)16-15(17)14-12(9)8-7-11-5-3-4-6-13(11)14/h3-8H,1-2H3,(H,16,17). The summed E-state index contributed by atoms with van der Waals surface area (Å²) >= 11 is 0. The van der Waals surface area contributed by atoms with Crippen LogP contribution in [0.1, 0.15) is 11.3 Å². The maximum atomic E-state index is 12.1. The monoisotopic (exact) mass is 223 g/mol. The molecule has 0 radical (unpaired) electrons. The number of hydrogen-bond donors (Lipinski definition) is 1. The van der Waals surface area contributed by atoms with Crippen LogP contribution in [0.2, 0.25) is 0 Å². The van der Waals surface area contributed by atoms with Crippen LogP contribution < -0.4 is 5.56 Å². The van der Waals surface area contributed by atoms with Gasteiger partial charge in [0.2, 0.25) is 0 Å². The molecule has 0 fully saturated rings. The number of benzene rings is 2. The average Bonchev–Trinajstić information content (AvgIpc) is 2.35. The van der Waals surface area contributed by atoms with Crippen LogP contribution in [0.25, 0.3) is 21.5 Å². The predicted octanol–water partition coefficient (Wildman–Crippen LogP) is 3.30. The van der Waals surface area contributed by atoms with Gasteiger partial charge in [-0.25, -0.2) is 0 Å². The minimum absolute atomic E-state index is 0.0000926. The van der Waals surface area contributed by atoms with Crippen LogP contribution in [0.4, 0.5) is 0 Å². The van der Waals surface area contributed by atoms with Crippen molar-refractivity contribution in [2.45, 2.75) is 13.8 Å². The smallest absolute Gasteiger partial charge is 0.256 e. The van der Waals surface area contributed by atoms with Crippen LogP contribution in [0.3, 0.4) is 0 Å². The van der Waals surface area contributed by atoms with Crippen molar-refractivity contribution in [1.29, 1.82) is 0 Å². The molecule has 3 aromatic rings. The van der Waals surface area contributed by atoms with E-state index in [4.69, 9.17) is 0 Å². The van der Waals surface area contributed by atoms with Gasteiger partial charge in [-0.3, -0.25) is 4.79 Å². The van der Waals surface area contributed by atoms with Gasteiger partial charge in [0.05, 0.1) is 5.39 Å². The Bertz CT molecular complexity index is 784. The molecule has 0 aliphatic carbocycles. The van der Waals surface area contributed by atoms with Crippen molar-refractivity contribution in [1.82, 2.24) is 4.98 Å². The molecule has 0 atom stereocenters. The lowest BCUT2D eigenvalue weighted by Gasteiger charge is -2.07. The van der Waals surface area contributed by atoms with E-state index in [-0.39, 0.29) is 5.56 Å². The molecule has 0 bridgehead atoms. The lowest BCUT2D eigenvalue weighted by molar-refractivity contribution is 1.14. The van der Waals surface area contributed by atoms with E-state index in [0.29, 0.717) is 0 Å². The first-order valence-corrected chi connectivity index (χ1v) is 5.69. The maximum Gasteiger partial charge on any atom is 0.256 e. The summed E-state index contributed by atoms with van der Waals surface area (Å²) in [4.78, 5) is 15.0. The molecule has 17 heavy (non-hydrogen) atoms. The number of H-pyrrole nitrogens is 1. The van der Waals surface area contributed by atoms with Crippen molar-refractivity contribution in [3.63, 3.8) is 0 Å². The van der Waals surface area contributed by atoms with Gasteiger partial charge in [-0.2, -0.15) is 0 Å². The first-order valence-electron chi connectivity index (χ1n) is 5.69. The normalized spacial score (nSPS) is 11.2. The van der Waals surface area contributed by atoms with E-state index in [9.17, 15) is 4.79 Å². The summed E-state index contributed by atoms with van der Waals surface area (Å²) < 4.78 is 0. The van der Waals surface area contributed by atoms with Crippen molar-refractivity contribution in [2.75, 3.05) is 0 Å². The number of hydrogen-bond acceptors (Lipinski definition) is 1. The van der Waals surface area contributed by atoms with E-state index < -0.39 is 0 Å². The number of pyridine rings is 1. The number of rotatable bonds is 0. The van der Waals surface area contributed by atoms with E-state index in [1.54, 1.807) is 0 Å². The molecule has 0 unspecified atom stereocenters. The number of aromatic nitrogens is 1. The lowest BCUT2D eigenvalue weighted by Crippen LogP contribution is -2.09. The Morgan fingerprint density at radius 3 is 2.53 bits per heavy atom. The summed E-state index contributed by atoms with van der Waals surface area (Å²) in [7, 11) is 0. The van der Waals surface area contributed by atoms with Crippen LogP contribution >= 0.6 is 0 Å². The zero-order valence-electron chi connectivity index (χ0n) is 9.87. The zero-order chi connectivity index (χ0) is 12.0. The quantitative estimate of drug-likeness (QED) is 0.583. The Morgan fingerprint density at radius 2 is 1.71 bits per heavy atom. The Balaban J connectivity index is 2.68. The van der Waals surface area contributed by atoms with Crippen LogP contribution in [-0.4, -0.2) is 4.98 Å². The average molecular weight is 223 g/mol. The van der Waals surface area contributed by atoms with Gasteiger partial charge in [-0.1, -0.05) is 36.4 Å². The number of aryl methyl sites for hydroxylation is 2. The third-order valence-corrected chi connectivity index (χ3v) is 3.42. The van der Waals surface area contributed by atoms with Crippen molar-refractivity contribution >= 4 is 21.5 Å². The lowest BCUT2D eigenvalue weighted by atomic mass is 10.00. The predicted molar refractivity (Wildman–Crippen MR) is 71.5 cm³/mol. The Kier molecular flexibility index (Phi) is 2.05. The molecule has 2 nitrogen and oxygen atoms in total. The van der Waals surface area contributed by atoms with Gasteiger partial charge in [0.25, 0.3) is 5.56 Å². The highest BCUT2D eigenvalue weighted by Gasteiger charge is 2.08. The number of aromatic amines is 1. The molecule has 0 aliphatic rings. The Labute approximate surface area is 98.9 Å². The van der Waals surface area contributed by atoms with Crippen molar-refractivity contribution < 1.29 is 0 Å². The molecule has 0 spiro atoms. The molecule has 1 aromatic heterocycles. The summed E-state index contributed by atoms with van der Waals surface area (Å²) in [5.74, 6) is 0. The topological polar surface area (TPSA) is 32.9 Å². The zero-order valence-corrected chi connectivity index (χ0v) is 9.87. The molecular formula is C15H13NO. The fourth-order valence-electron chi connectivity index (χ4n) is 2.36. The molecule has 1 N–H and O–H groups in total. The molecule has 2 aromatic carbocycles. The van der Waals surface area contributed by atoms with E-state index in [1.165, 1.54) is 0 Å². The minimum atomic E-state index is -0.0000926. The molecule has 0 amide bonds. The fourth-order valence-corrected chi connectivity index (χ4v) is 2.36. The second-order valence-corrected chi connectivity index (χ2v) is 4.41. The molecular weight excluding hydrogens is 210 g/mol. The van der Waals surface area contributed by atoms with Gasteiger partial charge in [0, 0.05) is 5.69 Å². The van der Waals surface area contributed by atoms with Crippen LogP contribution in [-0.2, 0) is 0 Å². The highest BCUT2D eigenvalue weighted by Crippen LogP contribution is 2.25. The number of nitrogens with one attached hydrogen (secondary N) is 1. The first kappa shape index (κ1) is 10.1. The van der Waals surface area contributed by atoms with Gasteiger partial charge in [0.15, 0.2) is 0 Å². The largest absolute Gasteiger partial charge is 0.326 e. The summed E-state index contributed by atoms with van der Waals surface area (Å²) in [6.45, 7) is 3.98. The molecule has 1 heterocycles. The van der Waals surface area contributed by atoms with Crippen LogP contribution in [0, 0.1) is 13.8 Å². The van der Waals surface area contributed by atoms with Crippen LogP contribution in [0.5, 0.6) is 0 Å². The summed E-state index contributed by atoms with van der Waals surface area (Å²) in [5.41, 5.74) is 2.09. The van der Waals surface area contributed by atoms with E-state index in [2.05, 4.69) is 11.1 Å².